The standard InChI is InChI=1S/C20H14F2N4O2/c21-15-7-6-13(8-16(15)22)17-9-18(27)26-19(25-17)14(11-24-26)20(28)23-10-12-4-2-1-3-5-12/h1-9,11,27H,10H2,(H,23,28). The molecule has 0 saturated carbocycles. The number of carbonyl (C=O) groups is 1. The van der Waals surface area contributed by atoms with E-state index in [1.54, 1.807) is 0 Å². The van der Waals surface area contributed by atoms with Crippen LogP contribution < -0.4 is 5.32 Å². The van der Waals surface area contributed by atoms with E-state index >= 15 is 0 Å². The molecule has 6 nitrogen and oxygen atoms in total. The quantitative estimate of drug-likeness (QED) is 0.569. The van der Waals surface area contributed by atoms with Gasteiger partial charge in [0.2, 0.25) is 5.88 Å². The van der Waals surface area contributed by atoms with Crippen molar-refractivity contribution in [1.29, 1.82) is 0 Å². The Morgan fingerprint density at radius 3 is 2.61 bits per heavy atom. The fourth-order valence-corrected chi connectivity index (χ4v) is 2.78. The Morgan fingerprint density at radius 1 is 1.07 bits per heavy atom. The number of fused-ring (bicyclic) bond motifs is 1. The van der Waals surface area contributed by atoms with Crippen molar-refractivity contribution < 1.29 is 18.7 Å². The van der Waals surface area contributed by atoms with Crippen molar-refractivity contribution >= 4 is 11.6 Å². The lowest BCUT2D eigenvalue weighted by Crippen LogP contribution is -2.22. The normalized spacial score (nSPS) is 10.9. The number of nitrogens with one attached hydrogen (secondary N) is 1. The van der Waals surface area contributed by atoms with Gasteiger partial charge in [0, 0.05) is 18.2 Å². The zero-order chi connectivity index (χ0) is 19.7. The van der Waals surface area contributed by atoms with Crippen molar-refractivity contribution in [3.8, 4) is 17.1 Å². The van der Waals surface area contributed by atoms with Crippen LogP contribution in [0.1, 0.15) is 15.9 Å². The molecule has 8 heteroatoms. The van der Waals surface area contributed by atoms with Gasteiger partial charge in [-0.05, 0) is 23.8 Å². The lowest BCUT2D eigenvalue weighted by atomic mass is 10.1. The van der Waals surface area contributed by atoms with Gasteiger partial charge < -0.3 is 10.4 Å². The summed E-state index contributed by atoms with van der Waals surface area (Å²) >= 11 is 0. The van der Waals surface area contributed by atoms with Crippen LogP contribution in [-0.4, -0.2) is 25.6 Å². The lowest BCUT2D eigenvalue weighted by Gasteiger charge is -2.07. The maximum absolute atomic E-state index is 13.5. The van der Waals surface area contributed by atoms with Gasteiger partial charge in [0.1, 0.15) is 5.56 Å². The minimum atomic E-state index is -1.03. The molecule has 140 valence electrons. The highest BCUT2D eigenvalue weighted by atomic mass is 19.2. The van der Waals surface area contributed by atoms with Crippen LogP contribution >= 0.6 is 0 Å². The first-order valence-electron chi connectivity index (χ1n) is 8.38. The summed E-state index contributed by atoms with van der Waals surface area (Å²) in [5.74, 6) is -2.73. The molecule has 0 atom stereocenters. The number of halogens is 2. The fourth-order valence-electron chi connectivity index (χ4n) is 2.78. The molecule has 0 aliphatic rings. The van der Waals surface area contributed by atoms with E-state index in [1.807, 2.05) is 30.3 Å². The van der Waals surface area contributed by atoms with Crippen LogP contribution in [0.2, 0.25) is 0 Å². The number of rotatable bonds is 4. The molecule has 0 aliphatic carbocycles. The molecule has 1 amide bonds. The molecule has 0 unspecified atom stereocenters. The molecule has 0 bridgehead atoms. The molecule has 28 heavy (non-hydrogen) atoms. The summed E-state index contributed by atoms with van der Waals surface area (Å²) in [6.07, 6.45) is 1.29. The number of hydrogen-bond donors (Lipinski definition) is 2. The van der Waals surface area contributed by atoms with Gasteiger partial charge in [0.05, 0.1) is 11.9 Å². The van der Waals surface area contributed by atoms with E-state index in [1.165, 1.54) is 18.3 Å². The minimum absolute atomic E-state index is 0.102. The summed E-state index contributed by atoms with van der Waals surface area (Å²) in [6.45, 7) is 0.311. The van der Waals surface area contributed by atoms with Crippen LogP contribution in [0.4, 0.5) is 8.78 Å². The second-order valence-corrected chi connectivity index (χ2v) is 6.09. The molecular formula is C20H14F2N4O2. The SMILES string of the molecule is O=C(NCc1ccccc1)c1cnn2c(O)cc(-c3ccc(F)c(F)c3)nc12. The predicted molar refractivity (Wildman–Crippen MR) is 97.6 cm³/mol. The smallest absolute Gasteiger partial charge is 0.257 e. The number of hydrogen-bond acceptors (Lipinski definition) is 4. The van der Waals surface area contributed by atoms with E-state index in [0.29, 0.717) is 6.54 Å². The highest BCUT2D eigenvalue weighted by Gasteiger charge is 2.18. The van der Waals surface area contributed by atoms with E-state index in [-0.39, 0.29) is 28.3 Å². The average molecular weight is 380 g/mol. The minimum Gasteiger partial charge on any atom is -0.493 e. The molecule has 4 rings (SSSR count). The number of aromatic nitrogens is 3. The Morgan fingerprint density at radius 2 is 1.86 bits per heavy atom. The Balaban J connectivity index is 1.68. The van der Waals surface area contributed by atoms with Gasteiger partial charge in [0.15, 0.2) is 17.3 Å². The average Bonchev–Trinajstić information content (AvgIpc) is 3.14. The number of benzene rings is 2. The van der Waals surface area contributed by atoms with Gasteiger partial charge in [-0.3, -0.25) is 4.79 Å². The molecule has 4 aromatic rings. The Bertz CT molecular complexity index is 1180. The predicted octanol–water partition coefficient (Wildman–Crippen LogP) is 3.31. The van der Waals surface area contributed by atoms with Crippen molar-refractivity contribution in [1.82, 2.24) is 19.9 Å². The second kappa shape index (κ2) is 7.07. The summed E-state index contributed by atoms with van der Waals surface area (Å²) in [5, 5.41) is 16.9. The van der Waals surface area contributed by atoms with Crippen LogP contribution in [0.5, 0.6) is 5.88 Å². The van der Waals surface area contributed by atoms with Gasteiger partial charge in [-0.2, -0.15) is 9.61 Å². The van der Waals surface area contributed by atoms with Crippen LogP contribution in [0.3, 0.4) is 0 Å². The van der Waals surface area contributed by atoms with Crippen LogP contribution in [0.25, 0.3) is 16.9 Å². The number of amides is 1. The zero-order valence-electron chi connectivity index (χ0n) is 14.4. The summed E-state index contributed by atoms with van der Waals surface area (Å²) in [7, 11) is 0. The van der Waals surface area contributed by atoms with Gasteiger partial charge in [-0.25, -0.2) is 13.8 Å². The highest BCUT2D eigenvalue weighted by molar-refractivity contribution is 5.99. The monoisotopic (exact) mass is 380 g/mol. The Labute approximate surface area is 158 Å². The number of nitrogens with zero attached hydrogens (tertiary/aromatic N) is 3. The summed E-state index contributed by atoms with van der Waals surface area (Å²) in [4.78, 5) is 16.9. The van der Waals surface area contributed by atoms with Crippen LogP contribution in [0, 0.1) is 11.6 Å². The molecule has 0 fully saturated rings. The van der Waals surface area contributed by atoms with E-state index in [9.17, 15) is 18.7 Å². The van der Waals surface area contributed by atoms with Crippen molar-refractivity contribution in [2.45, 2.75) is 6.54 Å². The summed E-state index contributed by atoms with van der Waals surface area (Å²) < 4.78 is 27.8. The molecule has 2 heterocycles. The van der Waals surface area contributed by atoms with E-state index in [2.05, 4.69) is 15.4 Å². The maximum atomic E-state index is 13.5. The molecule has 0 saturated heterocycles. The third kappa shape index (κ3) is 3.27. The summed E-state index contributed by atoms with van der Waals surface area (Å²) in [6, 6.07) is 13.9. The Kier molecular flexibility index (Phi) is 4.44. The van der Waals surface area contributed by atoms with Crippen LogP contribution in [0.15, 0.2) is 60.8 Å². The van der Waals surface area contributed by atoms with Crippen molar-refractivity contribution in [3.63, 3.8) is 0 Å². The molecule has 2 aromatic carbocycles. The largest absolute Gasteiger partial charge is 0.493 e. The molecule has 2 N–H and O–H groups in total. The first-order valence-corrected chi connectivity index (χ1v) is 8.38. The second-order valence-electron chi connectivity index (χ2n) is 6.09. The van der Waals surface area contributed by atoms with Crippen molar-refractivity contribution in [3.05, 3.63) is 83.6 Å². The van der Waals surface area contributed by atoms with Gasteiger partial charge in [0.25, 0.3) is 5.91 Å². The molecule has 0 radical (unpaired) electrons. The van der Waals surface area contributed by atoms with Crippen molar-refractivity contribution in [2.24, 2.45) is 0 Å². The van der Waals surface area contributed by atoms with E-state index in [4.69, 9.17) is 0 Å². The molecule has 0 spiro atoms. The number of aromatic hydroxyl groups is 1. The first-order chi connectivity index (χ1) is 13.5. The van der Waals surface area contributed by atoms with Crippen molar-refractivity contribution in [2.75, 3.05) is 0 Å². The zero-order valence-corrected chi connectivity index (χ0v) is 14.4. The summed E-state index contributed by atoms with van der Waals surface area (Å²) in [5.41, 5.74) is 1.61. The van der Waals surface area contributed by atoms with E-state index in [0.717, 1.165) is 22.2 Å². The Hall–Kier alpha value is -3.81. The molecule has 0 aliphatic heterocycles. The van der Waals surface area contributed by atoms with E-state index < -0.39 is 17.5 Å². The molecule has 2 aromatic heterocycles. The van der Waals surface area contributed by atoms with Crippen LogP contribution in [-0.2, 0) is 6.54 Å². The third-order valence-corrected chi connectivity index (χ3v) is 4.21. The first kappa shape index (κ1) is 17.6. The maximum Gasteiger partial charge on any atom is 0.257 e. The molecular weight excluding hydrogens is 366 g/mol. The topological polar surface area (TPSA) is 79.5 Å². The fraction of sp³-hybridized carbons (Fsp3) is 0.0500. The lowest BCUT2D eigenvalue weighted by molar-refractivity contribution is 0.0952. The van der Waals surface area contributed by atoms with Gasteiger partial charge in [-0.1, -0.05) is 30.3 Å². The highest BCUT2D eigenvalue weighted by Crippen LogP contribution is 2.25. The van der Waals surface area contributed by atoms with Gasteiger partial charge >= 0.3 is 0 Å². The number of carbonyl (C=O) groups excluding carboxylic acids is 1. The van der Waals surface area contributed by atoms with Gasteiger partial charge in [-0.15, -0.1) is 0 Å². The third-order valence-electron chi connectivity index (χ3n) is 4.21.